The Kier molecular flexibility index (Phi) is 43.7. The van der Waals surface area contributed by atoms with Gasteiger partial charge in [0.05, 0.1) is 35.2 Å². The second kappa shape index (κ2) is 53.4. The molecular weight excluding hydrogens is 1760 g/mol. The van der Waals surface area contributed by atoms with Gasteiger partial charge in [-0.3, -0.25) is 9.59 Å². The number of esters is 2. The van der Waals surface area contributed by atoms with Crippen molar-refractivity contribution in [3.63, 3.8) is 0 Å². The SMILES string of the molecule is CCCCC[C@@H](CC[C@@H]1[C@H]2Cc3cccc(OCC(=O)O)c3C[C@H]2C[C@H]1O)OC(=O)C(C)(C)C.CCCCC[C@@H](CC[C@@H]1[C@H]2Cc3cccc(OCC(=O)O)c3C[C@H]2C[C@H]1O)OC(=O)OC(C)(C)C.CCCCC[C@H](O)CC[C@@H]1[C@H]2Cc3cccc(OCC(=O)O)c3C[C@H]2C[C@H]1OC(=O)C(C)(C)C.CCCCC[C@H](O)CC[C@@H]1[C@H]2Cc3cccc(OCC(=O)O)c3C[C@H]2C[C@H]1OC(=O)OC(C)(C)C. The Morgan fingerprint density at radius 2 is 0.623 bits per heavy atom. The van der Waals surface area contributed by atoms with Crippen LogP contribution in [0.15, 0.2) is 72.8 Å². The van der Waals surface area contributed by atoms with Crippen LogP contribution in [0, 0.1) is 81.8 Å². The van der Waals surface area contributed by atoms with E-state index in [-0.39, 0.29) is 111 Å². The minimum Gasteiger partial charge on any atom is -0.482 e. The summed E-state index contributed by atoms with van der Waals surface area (Å²) in [7, 11) is 0. The molecule has 0 heterocycles. The van der Waals surface area contributed by atoms with Gasteiger partial charge in [0.25, 0.3) is 0 Å². The van der Waals surface area contributed by atoms with Crippen LogP contribution in [0.25, 0.3) is 0 Å². The molecule has 138 heavy (non-hydrogen) atoms. The Hall–Kier alpha value is -8.72. The molecule has 0 aromatic heterocycles. The molecule has 4 aromatic carbocycles. The smallest absolute Gasteiger partial charge is 0.482 e. The molecule has 8 N–H and O–H groups in total. The third-order valence-electron chi connectivity index (χ3n) is 29.6. The standard InChI is InChI=1S/2C28H42O7.2C28H42O6/c1-5-6-7-10-20(34-27(32)35-28(2,3)4)12-13-21-22-14-18-9-8-11-25(33-17-26(30)31)23(18)15-19(22)16-24(21)29;1-5-6-7-10-20(29)12-13-21-22-14-18-9-8-11-24(33-17-26(30)31)23(18)15-19(22)16-25(21)34-27(32)35-28(2,3)4;1-5-6-7-10-20(34-27(32)28(2,3)4)12-13-21-22-14-18-9-8-11-25(33-17-26(30)31)23(18)15-19(22)16-24(21)29;1-5-6-7-10-20(29)12-13-21-22-14-18-9-8-11-24(33-17-26(30)31)23(18)15-19(22)16-25(21)34-27(32)28(2,3)4/h8-9,11,19-22,24,29H,5-7,10,12-17H2,1-4H3,(H,30,31);8-9,11,19-22,25,29H,5-7,10,12-17H2,1-4H3,(H,30,31);8-9,11,19-22,24,29H,5-7,10,12-17H2,1-4H3,(H,30,31);8-9,11,19-22,25,29H,5-7,10,12-17H2,1-4H3,(H,30,31)/t19-,20-,21+,22-,24+;19-,20-,21+,22-,25+;19-,20-,21+,22-,24+;19-,20-,21+,22-,25+/m0000/s1. The number of fused-ring (bicyclic) bond motifs is 8. The van der Waals surface area contributed by atoms with Gasteiger partial charge in [0, 0.05) is 0 Å². The predicted octanol–water partition coefficient (Wildman–Crippen LogP) is 21.4. The molecule has 0 unspecified atom stereocenters. The summed E-state index contributed by atoms with van der Waals surface area (Å²) >= 11 is 0. The first-order chi connectivity index (χ1) is 65.3. The van der Waals surface area contributed by atoms with E-state index in [1.165, 1.54) is 22.3 Å². The topological polar surface area (TPSA) is 391 Å². The van der Waals surface area contributed by atoms with Crippen LogP contribution < -0.4 is 18.9 Å². The fraction of sp³-hybridized carbons (Fsp3) is 0.714. The largest absolute Gasteiger partial charge is 0.509 e. The zero-order valence-corrected chi connectivity index (χ0v) is 85.7. The molecule has 4 aromatic rings. The highest BCUT2D eigenvalue weighted by Crippen LogP contribution is 2.55. The number of carbonyl (C=O) groups excluding carboxylic acids is 4. The van der Waals surface area contributed by atoms with E-state index in [0.717, 1.165) is 241 Å². The summed E-state index contributed by atoms with van der Waals surface area (Å²) in [5, 5.41) is 79.1. The van der Waals surface area contributed by atoms with E-state index < -0.39 is 58.2 Å². The van der Waals surface area contributed by atoms with Gasteiger partial charge in [0.1, 0.15) is 58.6 Å². The van der Waals surface area contributed by atoms with Crippen molar-refractivity contribution in [1.82, 2.24) is 0 Å². The monoisotopic (exact) mass is 1930 g/mol. The summed E-state index contributed by atoms with van der Waals surface area (Å²) in [5.74, 6) is 1.75. The predicted molar refractivity (Wildman–Crippen MR) is 527 cm³/mol. The second-order valence-electron chi connectivity index (χ2n) is 44.8. The van der Waals surface area contributed by atoms with E-state index in [0.29, 0.717) is 83.2 Å². The van der Waals surface area contributed by atoms with Crippen molar-refractivity contribution in [2.45, 2.75) is 402 Å². The maximum absolute atomic E-state index is 12.8. The Morgan fingerprint density at radius 1 is 0.333 bits per heavy atom. The zero-order chi connectivity index (χ0) is 101. The molecule has 0 aliphatic heterocycles. The molecule has 4 saturated carbocycles. The minimum atomic E-state index is -1.000. The highest BCUT2D eigenvalue weighted by molar-refractivity contribution is 5.76. The molecule has 8 aliphatic rings. The molecule has 12 rings (SSSR count). The van der Waals surface area contributed by atoms with Crippen molar-refractivity contribution < 1.29 is 127 Å². The molecule has 0 amide bonds. The lowest BCUT2D eigenvalue weighted by atomic mass is 9.73. The Balaban J connectivity index is 0.000000206. The van der Waals surface area contributed by atoms with Gasteiger partial charge in [-0.25, -0.2) is 28.8 Å². The summed E-state index contributed by atoms with van der Waals surface area (Å²) in [5.41, 5.74) is 6.76. The number of aliphatic hydroxyl groups excluding tert-OH is 4. The van der Waals surface area contributed by atoms with Crippen LogP contribution >= 0.6 is 0 Å². The molecule has 26 heteroatoms. The lowest BCUT2D eigenvalue weighted by molar-refractivity contribution is -0.161. The average molecular weight is 1930 g/mol. The molecule has 26 nitrogen and oxygen atoms in total. The van der Waals surface area contributed by atoms with Crippen molar-refractivity contribution in [2.75, 3.05) is 26.4 Å². The van der Waals surface area contributed by atoms with Gasteiger partial charge < -0.3 is 88.2 Å². The highest BCUT2D eigenvalue weighted by Gasteiger charge is 2.52. The first kappa shape index (κ1) is 113. The summed E-state index contributed by atoms with van der Waals surface area (Å²) in [4.78, 5) is 94.1. The lowest BCUT2D eigenvalue weighted by Gasteiger charge is -2.33. The molecular formula is C112H168O26. The average Bonchev–Trinajstić information content (AvgIpc) is 1.63. The van der Waals surface area contributed by atoms with Crippen molar-refractivity contribution in [2.24, 2.45) is 81.8 Å². The molecule has 20 atom stereocenters. The van der Waals surface area contributed by atoms with Crippen LogP contribution in [0.1, 0.15) is 335 Å². The maximum atomic E-state index is 12.8. The number of benzene rings is 4. The van der Waals surface area contributed by atoms with Crippen LogP contribution in [-0.4, -0.2) is 175 Å². The second-order valence-corrected chi connectivity index (χ2v) is 44.8. The summed E-state index contributed by atoms with van der Waals surface area (Å²) in [6.07, 6.45) is 28.8. The quantitative estimate of drug-likeness (QED) is 0.0116. The summed E-state index contributed by atoms with van der Waals surface area (Å²) in [6, 6.07) is 23.4. The van der Waals surface area contributed by atoms with E-state index in [1.54, 1.807) is 0 Å². The normalized spacial score (nSPS) is 24.5. The fourth-order valence-corrected chi connectivity index (χ4v) is 22.8. The van der Waals surface area contributed by atoms with Gasteiger partial charge >= 0.3 is 48.1 Å². The minimum absolute atomic E-state index is 0.101. The third-order valence-corrected chi connectivity index (χ3v) is 29.6. The summed E-state index contributed by atoms with van der Waals surface area (Å²) in [6.45, 7) is 29.5. The molecule has 772 valence electrons. The number of carboxylic acids is 4. The first-order valence-corrected chi connectivity index (χ1v) is 52.1. The number of hydrogen-bond donors (Lipinski definition) is 8. The fourth-order valence-electron chi connectivity index (χ4n) is 22.8. The van der Waals surface area contributed by atoms with Crippen LogP contribution in [0.2, 0.25) is 0 Å². The molecule has 0 bridgehead atoms. The number of hydrogen-bond acceptors (Lipinski definition) is 22. The van der Waals surface area contributed by atoms with Gasteiger partial charge in [-0.1, -0.05) is 140 Å². The molecule has 8 aliphatic carbocycles. The molecule has 0 saturated heterocycles. The number of carbonyl (C=O) groups is 8. The molecule has 0 radical (unpaired) electrons. The van der Waals surface area contributed by atoms with Crippen molar-refractivity contribution >= 4 is 48.1 Å². The van der Waals surface area contributed by atoms with Crippen LogP contribution in [-0.2, 0) is 109 Å². The van der Waals surface area contributed by atoms with Crippen molar-refractivity contribution in [3.8, 4) is 23.0 Å². The Morgan fingerprint density at radius 3 is 0.935 bits per heavy atom. The lowest BCUT2D eigenvalue weighted by Crippen LogP contribution is -2.33. The maximum Gasteiger partial charge on any atom is 0.509 e. The van der Waals surface area contributed by atoms with Gasteiger partial charge in [-0.05, 0) is 390 Å². The van der Waals surface area contributed by atoms with Crippen molar-refractivity contribution in [3.05, 3.63) is 117 Å². The van der Waals surface area contributed by atoms with Gasteiger partial charge in [0.2, 0.25) is 0 Å². The zero-order valence-electron chi connectivity index (χ0n) is 85.7. The number of unbranched alkanes of at least 4 members (excludes halogenated alkanes) is 8. The van der Waals surface area contributed by atoms with Crippen LogP contribution in [0.5, 0.6) is 23.0 Å². The number of aliphatic hydroxyl groups is 4. The Labute approximate surface area is 820 Å². The Bertz CT molecular complexity index is 4530. The number of ether oxygens (including phenoxy) is 10. The van der Waals surface area contributed by atoms with Crippen molar-refractivity contribution in [1.29, 1.82) is 0 Å². The third kappa shape index (κ3) is 34.9. The van der Waals surface area contributed by atoms with Crippen LogP contribution in [0.4, 0.5) is 9.59 Å². The van der Waals surface area contributed by atoms with Gasteiger partial charge in [0.15, 0.2) is 26.4 Å². The van der Waals surface area contributed by atoms with Gasteiger partial charge in [-0.15, -0.1) is 0 Å². The number of rotatable bonds is 44. The number of aliphatic carboxylic acids is 4. The van der Waals surface area contributed by atoms with E-state index >= 15 is 0 Å². The highest BCUT2D eigenvalue weighted by atomic mass is 16.7. The molecule has 0 spiro atoms. The summed E-state index contributed by atoms with van der Waals surface area (Å²) < 4.78 is 56.7. The first-order valence-electron chi connectivity index (χ1n) is 52.1. The van der Waals surface area contributed by atoms with E-state index in [4.69, 9.17) is 67.8 Å². The van der Waals surface area contributed by atoms with E-state index in [9.17, 15) is 58.8 Å². The van der Waals surface area contributed by atoms with E-state index in [1.807, 2.05) is 132 Å². The molecule has 4 fully saturated rings. The van der Waals surface area contributed by atoms with E-state index in [2.05, 4.69) is 52.0 Å². The number of carboxylic acid groups (broad SMARTS) is 4. The van der Waals surface area contributed by atoms with Gasteiger partial charge in [-0.2, -0.15) is 0 Å². The van der Waals surface area contributed by atoms with Crippen LogP contribution in [0.3, 0.4) is 0 Å².